The molecule has 1 atom stereocenters. The second-order valence-corrected chi connectivity index (χ2v) is 7.49. The van der Waals surface area contributed by atoms with Gasteiger partial charge in [0.15, 0.2) is 6.10 Å². The van der Waals surface area contributed by atoms with E-state index >= 15 is 0 Å². The van der Waals surface area contributed by atoms with Gasteiger partial charge in [0.1, 0.15) is 28.8 Å². The summed E-state index contributed by atoms with van der Waals surface area (Å²) in [7, 11) is 0. The first-order chi connectivity index (χ1) is 12.8. The molecule has 1 unspecified atom stereocenters. The molecule has 2 aromatic heterocycles. The Morgan fingerprint density at radius 2 is 2.27 bits per heavy atom. The van der Waals surface area contributed by atoms with E-state index < -0.39 is 6.10 Å². The van der Waals surface area contributed by atoms with Crippen LogP contribution in [0.4, 0.5) is 5.82 Å². The number of fused-ring (bicyclic) bond motifs is 3. The summed E-state index contributed by atoms with van der Waals surface area (Å²) < 4.78 is 5.71. The highest BCUT2D eigenvalue weighted by atomic mass is 32.1. The van der Waals surface area contributed by atoms with E-state index in [1.807, 2.05) is 31.2 Å². The zero-order valence-electron chi connectivity index (χ0n) is 14.7. The molecule has 0 bridgehead atoms. The lowest BCUT2D eigenvalue weighted by molar-refractivity contribution is 0.251. The summed E-state index contributed by atoms with van der Waals surface area (Å²) in [5.41, 5.74) is 2.51. The van der Waals surface area contributed by atoms with Crippen molar-refractivity contribution in [3.05, 3.63) is 46.6 Å². The Morgan fingerprint density at radius 1 is 1.35 bits per heavy atom. The number of nitrogens with zero attached hydrogens (tertiary/aromatic N) is 3. The highest BCUT2D eigenvalue weighted by Crippen LogP contribution is 2.39. The average molecular weight is 364 g/mol. The smallest absolute Gasteiger partial charge is 0.184 e. The lowest BCUT2D eigenvalue weighted by Gasteiger charge is -2.12. The molecule has 6 heteroatoms. The highest BCUT2D eigenvalue weighted by Gasteiger charge is 2.21. The van der Waals surface area contributed by atoms with Gasteiger partial charge in [0, 0.05) is 11.4 Å². The van der Waals surface area contributed by atoms with Crippen molar-refractivity contribution in [2.75, 3.05) is 5.32 Å². The topological polar surface area (TPSA) is 70.8 Å². The third kappa shape index (κ3) is 3.23. The van der Waals surface area contributed by atoms with Crippen molar-refractivity contribution in [2.24, 2.45) is 0 Å². The van der Waals surface area contributed by atoms with Gasteiger partial charge >= 0.3 is 0 Å². The van der Waals surface area contributed by atoms with Gasteiger partial charge in [-0.25, -0.2) is 9.97 Å². The molecule has 0 saturated carbocycles. The normalized spacial score (nSPS) is 14.0. The Morgan fingerprint density at radius 3 is 3.12 bits per heavy atom. The number of rotatable bonds is 6. The molecule has 4 rings (SSSR count). The van der Waals surface area contributed by atoms with Crippen LogP contribution in [0.25, 0.3) is 10.2 Å². The summed E-state index contributed by atoms with van der Waals surface area (Å²) in [5, 5.41) is 13.7. The van der Waals surface area contributed by atoms with Gasteiger partial charge in [-0.2, -0.15) is 5.26 Å². The standard InChI is InChI=1S/C20H20N4OS/c1-2-14(10-21)25-15-6-3-5-13(9-15)11-22-19-18-16-7-4-8-17(16)26-20(18)24-12-23-19/h3,5-6,9,12,14H,2,4,7-8,11H2,1H3,(H,22,23,24). The molecule has 1 aromatic carbocycles. The molecule has 0 saturated heterocycles. The minimum Gasteiger partial charge on any atom is -0.476 e. The van der Waals surface area contributed by atoms with Crippen molar-refractivity contribution in [3.8, 4) is 11.8 Å². The van der Waals surface area contributed by atoms with E-state index in [1.165, 1.54) is 22.2 Å². The van der Waals surface area contributed by atoms with E-state index in [0.717, 1.165) is 34.8 Å². The monoisotopic (exact) mass is 364 g/mol. The molecule has 26 heavy (non-hydrogen) atoms. The minimum atomic E-state index is -0.409. The largest absolute Gasteiger partial charge is 0.476 e. The third-order valence-electron chi connectivity index (χ3n) is 4.65. The van der Waals surface area contributed by atoms with Crippen molar-refractivity contribution < 1.29 is 4.74 Å². The first-order valence-corrected chi connectivity index (χ1v) is 9.74. The number of ether oxygens (including phenoxy) is 1. The van der Waals surface area contributed by atoms with Gasteiger partial charge in [-0.1, -0.05) is 19.1 Å². The zero-order valence-corrected chi connectivity index (χ0v) is 15.5. The fraction of sp³-hybridized carbons (Fsp3) is 0.350. The van der Waals surface area contributed by atoms with Gasteiger partial charge in [0.2, 0.25) is 0 Å². The van der Waals surface area contributed by atoms with Crippen LogP contribution >= 0.6 is 11.3 Å². The zero-order chi connectivity index (χ0) is 17.9. The number of aryl methyl sites for hydroxylation is 2. The SMILES string of the molecule is CCC(C#N)Oc1cccc(CNc2ncnc3sc4c(c23)CCC4)c1. The molecule has 0 spiro atoms. The molecule has 0 radical (unpaired) electrons. The Labute approximate surface area is 156 Å². The first-order valence-electron chi connectivity index (χ1n) is 8.92. The fourth-order valence-electron chi connectivity index (χ4n) is 3.34. The Balaban J connectivity index is 1.53. The maximum Gasteiger partial charge on any atom is 0.184 e. The van der Waals surface area contributed by atoms with Crippen molar-refractivity contribution in [2.45, 2.75) is 45.3 Å². The molecule has 132 valence electrons. The van der Waals surface area contributed by atoms with Crippen LogP contribution in [-0.4, -0.2) is 16.1 Å². The first kappa shape index (κ1) is 16.8. The summed E-state index contributed by atoms with van der Waals surface area (Å²) in [5.74, 6) is 1.63. The van der Waals surface area contributed by atoms with Crippen LogP contribution in [0, 0.1) is 11.3 Å². The predicted octanol–water partition coefficient (Wildman–Crippen LogP) is 4.47. The number of aromatic nitrogens is 2. The second kappa shape index (κ2) is 7.30. The van der Waals surface area contributed by atoms with Crippen LogP contribution in [-0.2, 0) is 19.4 Å². The number of thiophene rings is 1. The van der Waals surface area contributed by atoms with E-state index in [0.29, 0.717) is 13.0 Å². The van der Waals surface area contributed by atoms with Crippen molar-refractivity contribution in [1.82, 2.24) is 9.97 Å². The molecular formula is C20H20N4OS. The van der Waals surface area contributed by atoms with Gasteiger partial charge in [-0.15, -0.1) is 11.3 Å². The van der Waals surface area contributed by atoms with Crippen LogP contribution in [0.2, 0.25) is 0 Å². The van der Waals surface area contributed by atoms with E-state index in [1.54, 1.807) is 17.7 Å². The maximum atomic E-state index is 9.07. The molecule has 0 fully saturated rings. The van der Waals surface area contributed by atoms with Crippen LogP contribution in [0.3, 0.4) is 0 Å². The second-order valence-electron chi connectivity index (χ2n) is 6.40. The van der Waals surface area contributed by atoms with E-state index in [9.17, 15) is 0 Å². The summed E-state index contributed by atoms with van der Waals surface area (Å²) in [6.07, 6.45) is 5.39. The molecule has 1 aliphatic rings. The van der Waals surface area contributed by atoms with Crippen molar-refractivity contribution in [3.63, 3.8) is 0 Å². The number of hydrogen-bond donors (Lipinski definition) is 1. The van der Waals surface area contributed by atoms with Crippen LogP contribution in [0.5, 0.6) is 5.75 Å². The van der Waals surface area contributed by atoms with E-state index in [2.05, 4.69) is 21.4 Å². The molecule has 0 aliphatic heterocycles. The van der Waals surface area contributed by atoms with Crippen molar-refractivity contribution in [1.29, 1.82) is 5.26 Å². The fourth-order valence-corrected chi connectivity index (χ4v) is 4.57. The number of benzene rings is 1. The van der Waals surface area contributed by atoms with E-state index in [4.69, 9.17) is 10.00 Å². The molecule has 0 amide bonds. The summed E-state index contributed by atoms with van der Waals surface area (Å²) in [6, 6.07) is 10.0. The van der Waals surface area contributed by atoms with Gasteiger partial charge in [-0.3, -0.25) is 0 Å². The van der Waals surface area contributed by atoms with Crippen LogP contribution in [0.1, 0.15) is 35.8 Å². The summed E-state index contributed by atoms with van der Waals surface area (Å²) >= 11 is 1.79. The lowest BCUT2D eigenvalue weighted by Crippen LogP contribution is -2.12. The third-order valence-corrected chi connectivity index (χ3v) is 5.85. The number of anilines is 1. The van der Waals surface area contributed by atoms with Crippen molar-refractivity contribution >= 4 is 27.4 Å². The molecule has 2 heterocycles. The molecular weight excluding hydrogens is 344 g/mol. The Hall–Kier alpha value is -2.65. The number of nitrogens with one attached hydrogen (secondary N) is 1. The molecule has 5 nitrogen and oxygen atoms in total. The Kier molecular flexibility index (Phi) is 4.72. The van der Waals surface area contributed by atoms with Gasteiger partial charge < -0.3 is 10.1 Å². The van der Waals surface area contributed by atoms with Gasteiger partial charge in [-0.05, 0) is 48.9 Å². The maximum absolute atomic E-state index is 9.07. The molecule has 1 aliphatic carbocycles. The predicted molar refractivity (Wildman–Crippen MR) is 104 cm³/mol. The van der Waals surface area contributed by atoms with Gasteiger partial charge in [0.05, 0.1) is 5.39 Å². The molecule has 1 N–H and O–H groups in total. The highest BCUT2D eigenvalue weighted by molar-refractivity contribution is 7.19. The van der Waals surface area contributed by atoms with Gasteiger partial charge in [0.25, 0.3) is 0 Å². The molecule has 3 aromatic rings. The van der Waals surface area contributed by atoms with Crippen LogP contribution < -0.4 is 10.1 Å². The Bertz CT molecular complexity index is 976. The lowest BCUT2D eigenvalue weighted by atomic mass is 10.1. The minimum absolute atomic E-state index is 0.409. The average Bonchev–Trinajstić information content (AvgIpc) is 3.26. The number of hydrogen-bond acceptors (Lipinski definition) is 6. The summed E-state index contributed by atoms with van der Waals surface area (Å²) in [4.78, 5) is 11.5. The number of nitriles is 1. The van der Waals surface area contributed by atoms with Crippen LogP contribution in [0.15, 0.2) is 30.6 Å². The quantitative estimate of drug-likeness (QED) is 0.698. The van der Waals surface area contributed by atoms with E-state index in [-0.39, 0.29) is 0 Å². The summed E-state index contributed by atoms with van der Waals surface area (Å²) in [6.45, 7) is 2.59.